The van der Waals surface area contributed by atoms with E-state index in [0.29, 0.717) is 28.0 Å². The average Bonchev–Trinajstić information content (AvgIpc) is 3.24. The van der Waals surface area contributed by atoms with Gasteiger partial charge in [-0.05, 0) is 48.2 Å². The van der Waals surface area contributed by atoms with E-state index in [2.05, 4.69) is 39.1 Å². The number of ether oxygens (including phenoxy) is 2. The monoisotopic (exact) mass is 488 g/mol. The molecule has 0 saturated heterocycles. The maximum atomic E-state index is 13.2. The van der Waals surface area contributed by atoms with E-state index in [9.17, 15) is 9.59 Å². The summed E-state index contributed by atoms with van der Waals surface area (Å²) >= 11 is 5.53. The molecule has 3 N–H and O–H groups in total. The van der Waals surface area contributed by atoms with Gasteiger partial charge in [0.15, 0.2) is 22.4 Å². The molecule has 0 radical (unpaired) electrons. The molecule has 1 saturated carbocycles. The number of aromatic nitrogens is 2. The number of allylic oxidation sites excluding steroid dienone is 1. The lowest BCUT2D eigenvalue weighted by molar-refractivity contribution is 0.174. The molecule has 5 aliphatic rings. The maximum Gasteiger partial charge on any atom is 0.327 e. The maximum absolute atomic E-state index is 13.2. The summed E-state index contributed by atoms with van der Waals surface area (Å²) < 4.78 is 11.1. The summed E-state index contributed by atoms with van der Waals surface area (Å²) in [5.41, 5.74) is 3.48. The van der Waals surface area contributed by atoms with Crippen molar-refractivity contribution < 1.29 is 9.47 Å². The van der Waals surface area contributed by atoms with Crippen molar-refractivity contribution in [1.82, 2.24) is 15.3 Å². The smallest absolute Gasteiger partial charge is 0.327 e. The standard InChI is InChI=1S/C24H20N6O4S/c1-24(2)6-10-15-11(7-24)26-23(35)27-18(15)16-14(9-3-4-12-13(5-9)34-8-33-12)17-20(28-19(16)25-10)29-22(32)30-21(17)31/h3-5,14-15H,6-8H2,1-2H3,(H,27,35)(H2,29,30,31,32). The van der Waals surface area contributed by atoms with Gasteiger partial charge < -0.3 is 14.8 Å². The number of nitrogens with zero attached hydrogens (tertiary/aromatic N) is 3. The number of aliphatic imine (C=N–C) groups is 3. The summed E-state index contributed by atoms with van der Waals surface area (Å²) in [5.74, 6) is 1.16. The molecule has 5 heterocycles. The zero-order chi connectivity index (χ0) is 24.1. The second-order valence-electron chi connectivity index (χ2n) is 10.1. The van der Waals surface area contributed by atoms with Crippen LogP contribution in [0.2, 0.25) is 0 Å². The van der Waals surface area contributed by atoms with Gasteiger partial charge in [-0.25, -0.2) is 19.8 Å². The number of hydrogen-bond acceptors (Lipinski definition) is 7. The number of hydrogen-bond donors (Lipinski definition) is 3. The van der Waals surface area contributed by atoms with Crippen LogP contribution in [0.1, 0.15) is 43.7 Å². The third-order valence-corrected chi connectivity index (χ3v) is 7.22. The third kappa shape index (κ3) is 3.00. The summed E-state index contributed by atoms with van der Waals surface area (Å²) in [4.78, 5) is 44.7. The number of rotatable bonds is 1. The van der Waals surface area contributed by atoms with Crippen LogP contribution in [0.4, 0.5) is 5.82 Å². The molecule has 10 nitrogen and oxygen atoms in total. The highest BCUT2D eigenvalue weighted by Crippen LogP contribution is 2.49. The Hall–Kier alpha value is -3.86. The van der Waals surface area contributed by atoms with Gasteiger partial charge in [-0.15, -0.1) is 0 Å². The van der Waals surface area contributed by atoms with E-state index in [1.807, 2.05) is 18.2 Å². The van der Waals surface area contributed by atoms with Crippen molar-refractivity contribution in [2.45, 2.75) is 32.6 Å². The van der Waals surface area contributed by atoms with E-state index in [-0.39, 0.29) is 23.9 Å². The number of H-pyrrole nitrogens is 2. The van der Waals surface area contributed by atoms with Crippen LogP contribution >= 0.6 is 12.2 Å². The van der Waals surface area contributed by atoms with Crippen LogP contribution in [0, 0.1) is 11.3 Å². The van der Waals surface area contributed by atoms with E-state index >= 15 is 0 Å². The highest BCUT2D eigenvalue weighted by molar-refractivity contribution is 7.80. The second kappa shape index (κ2) is 6.85. The van der Waals surface area contributed by atoms with E-state index in [1.165, 1.54) is 0 Å². The van der Waals surface area contributed by atoms with Crippen LogP contribution in [0.3, 0.4) is 0 Å². The van der Waals surface area contributed by atoms with Crippen molar-refractivity contribution in [2.75, 3.05) is 6.79 Å². The van der Waals surface area contributed by atoms with Crippen LogP contribution in [0.25, 0.3) is 0 Å². The van der Waals surface area contributed by atoms with Gasteiger partial charge in [0.25, 0.3) is 5.56 Å². The van der Waals surface area contributed by atoms with Crippen LogP contribution in [-0.4, -0.2) is 39.1 Å². The molecular formula is C24H20N6O4S. The van der Waals surface area contributed by atoms with Gasteiger partial charge in [0.2, 0.25) is 6.79 Å². The number of dihydropyridines is 1. The number of aromatic amines is 2. The van der Waals surface area contributed by atoms with Crippen molar-refractivity contribution in [1.29, 1.82) is 0 Å². The van der Waals surface area contributed by atoms with Gasteiger partial charge in [0.1, 0.15) is 5.82 Å². The third-order valence-electron chi connectivity index (χ3n) is 7.03. The van der Waals surface area contributed by atoms with Crippen molar-refractivity contribution in [3.05, 3.63) is 61.4 Å². The zero-order valence-corrected chi connectivity index (χ0v) is 19.7. The Morgan fingerprint density at radius 1 is 1.00 bits per heavy atom. The van der Waals surface area contributed by atoms with Gasteiger partial charge >= 0.3 is 5.69 Å². The molecule has 2 aromatic rings. The Morgan fingerprint density at radius 2 is 1.77 bits per heavy atom. The topological polar surface area (TPSA) is 133 Å². The summed E-state index contributed by atoms with van der Waals surface area (Å²) in [6.07, 6.45) is 1.56. The predicted molar refractivity (Wildman–Crippen MR) is 133 cm³/mol. The predicted octanol–water partition coefficient (Wildman–Crippen LogP) is 2.44. The number of thiocarbonyl (C=S) groups is 1. The second-order valence-corrected chi connectivity index (χ2v) is 10.5. The van der Waals surface area contributed by atoms with E-state index < -0.39 is 17.2 Å². The fraction of sp³-hybridized carbons (Fsp3) is 0.333. The quantitative estimate of drug-likeness (QED) is 0.528. The molecule has 0 spiro atoms. The molecule has 2 unspecified atom stereocenters. The molecule has 35 heavy (non-hydrogen) atoms. The first-order chi connectivity index (χ1) is 16.8. The van der Waals surface area contributed by atoms with E-state index in [1.54, 1.807) is 0 Å². The Morgan fingerprint density at radius 3 is 2.60 bits per heavy atom. The summed E-state index contributed by atoms with van der Waals surface area (Å²) in [7, 11) is 0. The molecule has 1 aromatic heterocycles. The van der Waals surface area contributed by atoms with E-state index in [4.69, 9.17) is 26.7 Å². The number of amidine groups is 1. The molecule has 4 aliphatic heterocycles. The molecule has 7 rings (SSSR count). The average molecular weight is 489 g/mol. The molecule has 1 fully saturated rings. The molecular weight excluding hydrogens is 468 g/mol. The van der Waals surface area contributed by atoms with Gasteiger partial charge in [0, 0.05) is 28.6 Å². The normalized spacial score (nSPS) is 25.0. The molecule has 0 amide bonds. The van der Waals surface area contributed by atoms with Gasteiger partial charge in [0.05, 0.1) is 11.5 Å². The molecule has 1 aromatic carbocycles. The minimum Gasteiger partial charge on any atom is -0.454 e. The summed E-state index contributed by atoms with van der Waals surface area (Å²) in [5, 5.41) is 3.69. The number of nitrogens with one attached hydrogen (secondary N) is 3. The summed E-state index contributed by atoms with van der Waals surface area (Å²) in [6.45, 7) is 4.50. The lowest BCUT2D eigenvalue weighted by atomic mass is 9.66. The Balaban J connectivity index is 1.53. The van der Waals surface area contributed by atoms with Crippen molar-refractivity contribution in [2.24, 2.45) is 26.3 Å². The Bertz CT molecular complexity index is 1610. The summed E-state index contributed by atoms with van der Waals surface area (Å²) in [6, 6.07) is 5.57. The van der Waals surface area contributed by atoms with Gasteiger partial charge in [-0.2, -0.15) is 0 Å². The molecule has 11 heteroatoms. The van der Waals surface area contributed by atoms with E-state index in [0.717, 1.165) is 41.1 Å². The minimum atomic E-state index is -0.620. The first-order valence-electron chi connectivity index (χ1n) is 11.3. The Kier molecular flexibility index (Phi) is 4.01. The van der Waals surface area contributed by atoms with Gasteiger partial charge in [-0.1, -0.05) is 19.9 Å². The van der Waals surface area contributed by atoms with Crippen molar-refractivity contribution in [3.8, 4) is 11.5 Å². The Labute approximate surface area is 203 Å². The van der Waals surface area contributed by atoms with Gasteiger partial charge in [-0.3, -0.25) is 14.8 Å². The molecule has 1 aliphatic carbocycles. The fourth-order valence-corrected chi connectivity index (χ4v) is 5.98. The number of benzene rings is 1. The van der Waals surface area contributed by atoms with Crippen LogP contribution in [0.15, 0.2) is 54.0 Å². The SMILES string of the molecule is CC1(C)CC2=NC(=S)NC3=C4C(=Nc5[nH]c(=O)[nH]c(=O)c5C4c4ccc5c(c4)OCO5)N=C(C1)C23. The zero-order valence-electron chi connectivity index (χ0n) is 18.9. The highest BCUT2D eigenvalue weighted by Gasteiger charge is 2.47. The first-order valence-corrected chi connectivity index (χ1v) is 11.7. The van der Waals surface area contributed by atoms with Crippen molar-refractivity contribution in [3.63, 3.8) is 0 Å². The largest absolute Gasteiger partial charge is 0.454 e. The number of fused-ring (bicyclic) bond motifs is 3. The minimum absolute atomic E-state index is 0.0287. The van der Waals surface area contributed by atoms with Crippen molar-refractivity contribution >= 4 is 40.4 Å². The molecule has 176 valence electrons. The first kappa shape index (κ1) is 20.5. The highest BCUT2D eigenvalue weighted by atomic mass is 32.1. The molecule has 0 bridgehead atoms. The van der Waals surface area contributed by atoms with Crippen LogP contribution in [0.5, 0.6) is 11.5 Å². The fourth-order valence-electron chi connectivity index (χ4n) is 5.75. The molecule has 2 atom stereocenters. The van der Waals surface area contributed by atoms with Crippen LogP contribution in [-0.2, 0) is 0 Å². The lowest BCUT2D eigenvalue weighted by Gasteiger charge is -2.44. The van der Waals surface area contributed by atoms with Crippen LogP contribution < -0.4 is 26.0 Å². The lowest BCUT2D eigenvalue weighted by Crippen LogP contribution is -2.50.